The number of benzene rings is 2. The minimum absolute atomic E-state index is 0.0350. The van der Waals surface area contributed by atoms with Crippen LogP contribution in [0, 0.1) is 5.82 Å². The minimum Gasteiger partial charge on any atom is -0.366 e. The van der Waals surface area contributed by atoms with Crippen molar-refractivity contribution in [2.24, 2.45) is 5.73 Å². The van der Waals surface area contributed by atoms with Crippen molar-refractivity contribution < 1.29 is 18.8 Å². The molecule has 0 fully saturated rings. The van der Waals surface area contributed by atoms with Gasteiger partial charge in [0, 0.05) is 30.8 Å². The number of nitrogens with two attached hydrogens (primary N) is 1. The molecular formula is C22H22FN5O4. The number of carbonyl (C=O) groups is 3. The van der Waals surface area contributed by atoms with E-state index in [0.29, 0.717) is 23.3 Å². The van der Waals surface area contributed by atoms with E-state index >= 15 is 0 Å². The van der Waals surface area contributed by atoms with Crippen LogP contribution in [0.4, 0.5) is 10.1 Å². The Kier molecular flexibility index (Phi) is 6.93. The van der Waals surface area contributed by atoms with Gasteiger partial charge in [0.25, 0.3) is 5.56 Å². The molecule has 0 radical (unpaired) electrons. The number of rotatable bonds is 8. The molecule has 10 heteroatoms. The molecule has 3 rings (SSSR count). The van der Waals surface area contributed by atoms with Gasteiger partial charge >= 0.3 is 0 Å². The van der Waals surface area contributed by atoms with Gasteiger partial charge in [-0.2, -0.15) is 0 Å². The summed E-state index contributed by atoms with van der Waals surface area (Å²) in [6, 6.07) is 9.81. The monoisotopic (exact) mass is 439 g/mol. The maximum atomic E-state index is 13.5. The largest absolute Gasteiger partial charge is 0.366 e. The van der Waals surface area contributed by atoms with E-state index in [4.69, 9.17) is 5.73 Å². The number of carbonyl (C=O) groups excluding carboxylic acids is 3. The van der Waals surface area contributed by atoms with Crippen molar-refractivity contribution in [2.75, 3.05) is 18.4 Å². The second kappa shape index (κ2) is 9.82. The molecular weight excluding hydrogens is 417 g/mol. The summed E-state index contributed by atoms with van der Waals surface area (Å²) in [6.07, 6.45) is 1.28. The quantitative estimate of drug-likeness (QED) is 0.550. The summed E-state index contributed by atoms with van der Waals surface area (Å²) in [5, 5.41) is 2.77. The van der Waals surface area contributed by atoms with Crippen LogP contribution in [0.15, 0.2) is 53.6 Å². The van der Waals surface area contributed by atoms with Gasteiger partial charge in [0.2, 0.25) is 17.7 Å². The fourth-order valence-electron chi connectivity index (χ4n) is 3.13. The van der Waals surface area contributed by atoms with Gasteiger partial charge < -0.3 is 16.0 Å². The van der Waals surface area contributed by atoms with Crippen molar-refractivity contribution in [3.05, 3.63) is 70.5 Å². The van der Waals surface area contributed by atoms with Crippen LogP contribution < -0.4 is 16.6 Å². The van der Waals surface area contributed by atoms with E-state index in [2.05, 4.69) is 10.3 Å². The number of nitrogens with one attached hydrogen (secondary N) is 1. The van der Waals surface area contributed by atoms with E-state index in [1.807, 2.05) is 0 Å². The third-order valence-corrected chi connectivity index (χ3v) is 4.89. The topological polar surface area (TPSA) is 127 Å². The Morgan fingerprint density at radius 1 is 1.16 bits per heavy atom. The van der Waals surface area contributed by atoms with Gasteiger partial charge in [-0.1, -0.05) is 0 Å². The predicted molar refractivity (Wildman–Crippen MR) is 116 cm³/mol. The molecule has 0 unspecified atom stereocenters. The molecule has 0 saturated heterocycles. The molecule has 1 heterocycles. The Balaban J connectivity index is 1.60. The third-order valence-electron chi connectivity index (χ3n) is 4.89. The zero-order chi connectivity index (χ0) is 23.3. The average molecular weight is 439 g/mol. The molecule has 0 aliphatic heterocycles. The lowest BCUT2D eigenvalue weighted by Crippen LogP contribution is -2.38. The number of primary amides is 1. The van der Waals surface area contributed by atoms with Gasteiger partial charge in [-0.25, -0.2) is 9.37 Å². The highest BCUT2D eigenvalue weighted by atomic mass is 19.1. The Labute approximate surface area is 182 Å². The summed E-state index contributed by atoms with van der Waals surface area (Å²) >= 11 is 0. The number of aromatic nitrogens is 2. The van der Waals surface area contributed by atoms with E-state index in [-0.39, 0.29) is 36.7 Å². The van der Waals surface area contributed by atoms with Crippen molar-refractivity contribution in [3.8, 4) is 0 Å². The molecule has 0 atom stereocenters. The van der Waals surface area contributed by atoms with Crippen molar-refractivity contribution in [2.45, 2.75) is 19.9 Å². The molecule has 2 aromatic carbocycles. The highest BCUT2D eigenvalue weighted by Crippen LogP contribution is 2.10. The third kappa shape index (κ3) is 5.34. The summed E-state index contributed by atoms with van der Waals surface area (Å²) in [7, 11) is 0. The van der Waals surface area contributed by atoms with Crippen LogP contribution in [0.25, 0.3) is 10.9 Å². The van der Waals surface area contributed by atoms with E-state index in [1.165, 1.54) is 35.5 Å². The van der Waals surface area contributed by atoms with Crippen LogP contribution in [0.2, 0.25) is 0 Å². The highest BCUT2D eigenvalue weighted by molar-refractivity contribution is 5.95. The number of nitrogens with zero attached hydrogens (tertiary/aromatic N) is 3. The normalized spacial score (nSPS) is 10.7. The number of hydrogen-bond acceptors (Lipinski definition) is 5. The molecule has 0 aliphatic carbocycles. The van der Waals surface area contributed by atoms with Crippen LogP contribution in [0.3, 0.4) is 0 Å². The van der Waals surface area contributed by atoms with Gasteiger partial charge in [-0.05, 0) is 49.4 Å². The maximum absolute atomic E-state index is 13.5. The van der Waals surface area contributed by atoms with Crippen molar-refractivity contribution in [1.29, 1.82) is 0 Å². The summed E-state index contributed by atoms with van der Waals surface area (Å²) in [4.78, 5) is 54.1. The Hall–Kier alpha value is -4.08. The molecule has 0 aliphatic rings. The van der Waals surface area contributed by atoms with Crippen LogP contribution in [0.1, 0.15) is 23.7 Å². The number of halogens is 1. The van der Waals surface area contributed by atoms with E-state index in [0.717, 1.165) is 10.6 Å². The lowest BCUT2D eigenvalue weighted by molar-refractivity contribution is -0.132. The first-order valence-electron chi connectivity index (χ1n) is 9.90. The lowest BCUT2D eigenvalue weighted by atomic mass is 10.2. The zero-order valence-corrected chi connectivity index (χ0v) is 17.4. The fraction of sp³-hybridized carbons (Fsp3) is 0.227. The number of amides is 3. The highest BCUT2D eigenvalue weighted by Gasteiger charge is 2.16. The molecule has 3 aromatic rings. The van der Waals surface area contributed by atoms with Crippen molar-refractivity contribution >= 4 is 34.3 Å². The first-order valence-corrected chi connectivity index (χ1v) is 9.90. The molecule has 3 amide bonds. The lowest BCUT2D eigenvalue weighted by Gasteiger charge is -2.21. The molecule has 0 spiro atoms. The summed E-state index contributed by atoms with van der Waals surface area (Å²) < 4.78 is 14.6. The van der Waals surface area contributed by atoms with Crippen molar-refractivity contribution in [3.63, 3.8) is 0 Å². The van der Waals surface area contributed by atoms with E-state index in [9.17, 15) is 23.6 Å². The average Bonchev–Trinajstić information content (AvgIpc) is 2.77. The molecule has 0 saturated carbocycles. The van der Waals surface area contributed by atoms with Crippen molar-refractivity contribution in [1.82, 2.24) is 14.5 Å². The predicted octanol–water partition coefficient (Wildman–Crippen LogP) is 1.51. The van der Waals surface area contributed by atoms with E-state index < -0.39 is 17.3 Å². The molecule has 32 heavy (non-hydrogen) atoms. The van der Waals surface area contributed by atoms with E-state index in [1.54, 1.807) is 19.1 Å². The fourth-order valence-corrected chi connectivity index (χ4v) is 3.13. The summed E-state index contributed by atoms with van der Waals surface area (Å²) in [5.74, 6) is -1.81. The van der Waals surface area contributed by atoms with Crippen LogP contribution >= 0.6 is 0 Å². The van der Waals surface area contributed by atoms with Crippen LogP contribution in [-0.2, 0) is 16.1 Å². The first-order chi connectivity index (χ1) is 15.3. The summed E-state index contributed by atoms with van der Waals surface area (Å²) in [6.45, 7) is 1.96. The number of likely N-dealkylation sites (N-methyl/N-ethyl adjacent to an activating group) is 1. The zero-order valence-electron chi connectivity index (χ0n) is 17.4. The van der Waals surface area contributed by atoms with Gasteiger partial charge in [0.05, 0.1) is 17.2 Å². The standard InChI is InChI=1S/C22H22FN5O4/c1-2-27(10-9-19(29)26-16-6-3-14(4-7-16)21(24)31)20(30)12-28-13-25-18-8-5-15(23)11-17(18)22(28)32/h3-8,11,13H,2,9-10,12H2,1H3,(H2,24,31)(H,26,29). The second-order valence-electron chi connectivity index (χ2n) is 7.05. The Bertz CT molecular complexity index is 1220. The second-order valence-corrected chi connectivity index (χ2v) is 7.05. The molecule has 9 nitrogen and oxygen atoms in total. The number of hydrogen-bond donors (Lipinski definition) is 2. The van der Waals surface area contributed by atoms with Gasteiger partial charge in [0.15, 0.2) is 0 Å². The SMILES string of the molecule is CCN(CCC(=O)Nc1ccc(C(N)=O)cc1)C(=O)Cn1cnc2ccc(F)cc2c1=O. The molecule has 166 valence electrons. The summed E-state index contributed by atoms with van der Waals surface area (Å²) in [5.41, 5.74) is 5.83. The number of fused-ring (bicyclic) bond motifs is 1. The Morgan fingerprint density at radius 2 is 1.88 bits per heavy atom. The van der Waals surface area contributed by atoms with Crippen LogP contribution in [0.5, 0.6) is 0 Å². The van der Waals surface area contributed by atoms with Gasteiger partial charge in [-0.15, -0.1) is 0 Å². The minimum atomic E-state index is -0.564. The number of anilines is 1. The van der Waals surface area contributed by atoms with Crippen LogP contribution in [-0.4, -0.2) is 45.3 Å². The maximum Gasteiger partial charge on any atom is 0.261 e. The first kappa shape index (κ1) is 22.6. The van der Waals surface area contributed by atoms with Gasteiger partial charge in [-0.3, -0.25) is 23.7 Å². The smallest absolute Gasteiger partial charge is 0.261 e. The molecule has 3 N–H and O–H groups in total. The van der Waals surface area contributed by atoms with Gasteiger partial charge in [0.1, 0.15) is 12.4 Å². The Morgan fingerprint density at radius 3 is 2.53 bits per heavy atom. The molecule has 1 aromatic heterocycles. The molecule has 0 bridgehead atoms.